The molecule has 0 aromatic carbocycles. The number of ether oxygens (including phenoxy) is 1. The van der Waals surface area contributed by atoms with Crippen molar-refractivity contribution in [3.05, 3.63) is 12.2 Å². The Morgan fingerprint density at radius 3 is 2.71 bits per heavy atom. The summed E-state index contributed by atoms with van der Waals surface area (Å²) in [4.78, 5) is 4.32. The van der Waals surface area contributed by atoms with Crippen molar-refractivity contribution in [2.24, 2.45) is 11.7 Å². The van der Waals surface area contributed by atoms with Crippen molar-refractivity contribution in [3.63, 3.8) is 0 Å². The van der Waals surface area contributed by atoms with E-state index in [-0.39, 0.29) is 5.60 Å². The predicted octanol–water partition coefficient (Wildman–Crippen LogP) is 2.89. The fourth-order valence-electron chi connectivity index (χ4n) is 3.32. The highest BCUT2D eigenvalue weighted by Crippen LogP contribution is 2.36. The van der Waals surface area contributed by atoms with Crippen LogP contribution in [-0.4, -0.2) is 26.9 Å². The fraction of sp³-hybridized carbons (Fsp3) is 0.875. The Labute approximate surface area is 128 Å². The molecule has 0 radical (unpaired) electrons. The number of rotatable bonds is 8. The van der Waals surface area contributed by atoms with E-state index in [9.17, 15) is 0 Å². The van der Waals surface area contributed by atoms with Gasteiger partial charge in [0.05, 0.1) is 5.60 Å². The van der Waals surface area contributed by atoms with Crippen LogP contribution < -0.4 is 5.73 Å². The van der Waals surface area contributed by atoms with Crippen molar-refractivity contribution in [2.75, 3.05) is 6.54 Å². The highest BCUT2D eigenvalue weighted by molar-refractivity contribution is 4.90. The maximum atomic E-state index is 6.23. The molecule has 21 heavy (non-hydrogen) atoms. The van der Waals surface area contributed by atoms with Gasteiger partial charge in [0.1, 0.15) is 12.9 Å². The minimum Gasteiger partial charge on any atom is -0.366 e. The Morgan fingerprint density at radius 2 is 2.10 bits per heavy atom. The molecule has 1 aliphatic rings. The molecule has 1 aliphatic carbocycles. The molecule has 0 aliphatic heterocycles. The Hall–Kier alpha value is -0.940. The van der Waals surface area contributed by atoms with Crippen LogP contribution in [0, 0.1) is 5.92 Å². The molecular formula is C16H30N4O. The largest absolute Gasteiger partial charge is 0.366 e. The third kappa shape index (κ3) is 4.27. The van der Waals surface area contributed by atoms with Crippen LogP contribution in [-0.2, 0) is 17.9 Å². The minimum atomic E-state index is -0.146. The normalized spacial score (nSPS) is 26.1. The van der Waals surface area contributed by atoms with Gasteiger partial charge in [-0.15, -0.1) is 0 Å². The van der Waals surface area contributed by atoms with Crippen molar-refractivity contribution >= 4 is 0 Å². The highest BCUT2D eigenvalue weighted by Gasteiger charge is 2.35. The topological polar surface area (TPSA) is 66.0 Å². The molecule has 1 heterocycles. The number of hydrogen-bond donors (Lipinski definition) is 1. The lowest BCUT2D eigenvalue weighted by Crippen LogP contribution is -2.44. The van der Waals surface area contributed by atoms with Crippen LogP contribution >= 0.6 is 0 Å². The van der Waals surface area contributed by atoms with Crippen LogP contribution in [0.1, 0.15) is 64.6 Å². The molecule has 0 saturated heterocycles. The summed E-state index contributed by atoms with van der Waals surface area (Å²) in [5.74, 6) is 1.78. The van der Waals surface area contributed by atoms with E-state index in [4.69, 9.17) is 10.5 Å². The Bertz CT molecular complexity index is 410. The van der Waals surface area contributed by atoms with E-state index in [1.165, 1.54) is 25.7 Å². The molecular weight excluding hydrogens is 264 g/mol. The van der Waals surface area contributed by atoms with Gasteiger partial charge in [-0.05, 0) is 38.0 Å². The summed E-state index contributed by atoms with van der Waals surface area (Å²) in [5.41, 5.74) is 5.88. The lowest BCUT2D eigenvalue weighted by molar-refractivity contribution is -0.0847. The summed E-state index contributed by atoms with van der Waals surface area (Å²) >= 11 is 0. The van der Waals surface area contributed by atoms with Gasteiger partial charge in [0.2, 0.25) is 0 Å². The second-order valence-electron chi connectivity index (χ2n) is 6.31. The zero-order valence-electron chi connectivity index (χ0n) is 13.6. The van der Waals surface area contributed by atoms with Crippen LogP contribution in [0.4, 0.5) is 0 Å². The maximum Gasteiger partial charge on any atom is 0.152 e. The van der Waals surface area contributed by atoms with Gasteiger partial charge in [-0.1, -0.05) is 26.7 Å². The number of nitrogens with zero attached hydrogens (tertiary/aromatic N) is 3. The number of nitrogens with two attached hydrogens (primary N) is 1. The van der Waals surface area contributed by atoms with Gasteiger partial charge in [0.15, 0.2) is 5.82 Å². The Kier molecular flexibility index (Phi) is 6.18. The SMILES string of the molecule is CCCC1CCC(CN)(OCc2ncnn2CCC)CC1. The molecule has 1 saturated carbocycles. The zero-order valence-corrected chi connectivity index (χ0v) is 13.6. The fourth-order valence-corrected chi connectivity index (χ4v) is 3.32. The maximum absolute atomic E-state index is 6.23. The van der Waals surface area contributed by atoms with Crippen molar-refractivity contribution in [2.45, 2.75) is 77.5 Å². The summed E-state index contributed by atoms with van der Waals surface area (Å²) < 4.78 is 8.17. The van der Waals surface area contributed by atoms with E-state index in [2.05, 4.69) is 23.9 Å². The van der Waals surface area contributed by atoms with Crippen LogP contribution in [0.25, 0.3) is 0 Å². The van der Waals surface area contributed by atoms with Gasteiger partial charge in [0, 0.05) is 13.1 Å². The minimum absolute atomic E-state index is 0.146. The van der Waals surface area contributed by atoms with Crippen LogP contribution in [0.15, 0.2) is 6.33 Å². The summed E-state index contributed by atoms with van der Waals surface area (Å²) in [7, 11) is 0. The molecule has 0 unspecified atom stereocenters. The molecule has 120 valence electrons. The summed E-state index contributed by atoms with van der Waals surface area (Å²) in [6.07, 6.45) is 9.93. The van der Waals surface area contributed by atoms with Gasteiger partial charge in [-0.3, -0.25) is 0 Å². The van der Waals surface area contributed by atoms with Gasteiger partial charge in [-0.2, -0.15) is 5.10 Å². The van der Waals surface area contributed by atoms with E-state index >= 15 is 0 Å². The second-order valence-corrected chi connectivity index (χ2v) is 6.31. The number of aryl methyl sites for hydroxylation is 1. The lowest BCUT2D eigenvalue weighted by atomic mass is 9.77. The molecule has 0 spiro atoms. The molecule has 5 nitrogen and oxygen atoms in total. The van der Waals surface area contributed by atoms with Gasteiger partial charge >= 0.3 is 0 Å². The van der Waals surface area contributed by atoms with Gasteiger partial charge < -0.3 is 10.5 Å². The first-order valence-corrected chi connectivity index (χ1v) is 8.43. The Morgan fingerprint density at radius 1 is 1.33 bits per heavy atom. The molecule has 2 rings (SSSR count). The molecule has 1 aromatic heterocycles. The Balaban J connectivity index is 1.89. The van der Waals surface area contributed by atoms with Crippen molar-refractivity contribution in [1.82, 2.24) is 14.8 Å². The van der Waals surface area contributed by atoms with E-state index in [0.29, 0.717) is 13.2 Å². The lowest BCUT2D eigenvalue weighted by Gasteiger charge is -2.39. The third-order valence-electron chi connectivity index (χ3n) is 4.72. The predicted molar refractivity (Wildman–Crippen MR) is 83.8 cm³/mol. The summed E-state index contributed by atoms with van der Waals surface area (Å²) in [6, 6.07) is 0. The third-order valence-corrected chi connectivity index (χ3v) is 4.72. The molecule has 2 N–H and O–H groups in total. The second kappa shape index (κ2) is 7.90. The standard InChI is InChI=1S/C16H30N4O/c1-3-5-14-6-8-16(12-17,9-7-14)21-11-15-18-13-19-20(15)10-4-2/h13-14H,3-12,17H2,1-2H3. The van der Waals surface area contributed by atoms with Crippen LogP contribution in [0.5, 0.6) is 0 Å². The first-order chi connectivity index (χ1) is 10.2. The van der Waals surface area contributed by atoms with E-state index in [1.807, 2.05) is 4.68 Å². The average molecular weight is 294 g/mol. The molecule has 1 fully saturated rings. The molecule has 0 amide bonds. The van der Waals surface area contributed by atoms with Crippen molar-refractivity contribution in [3.8, 4) is 0 Å². The van der Waals surface area contributed by atoms with Crippen molar-refractivity contribution in [1.29, 1.82) is 0 Å². The molecule has 1 aromatic rings. The van der Waals surface area contributed by atoms with E-state index < -0.39 is 0 Å². The van der Waals surface area contributed by atoms with Gasteiger partial charge in [-0.25, -0.2) is 9.67 Å². The van der Waals surface area contributed by atoms with Crippen molar-refractivity contribution < 1.29 is 4.74 Å². The van der Waals surface area contributed by atoms with Crippen LogP contribution in [0.2, 0.25) is 0 Å². The first kappa shape index (κ1) is 16.4. The number of aromatic nitrogens is 3. The van der Waals surface area contributed by atoms with Crippen LogP contribution in [0.3, 0.4) is 0 Å². The van der Waals surface area contributed by atoms with E-state index in [0.717, 1.165) is 37.5 Å². The summed E-state index contributed by atoms with van der Waals surface area (Å²) in [5, 5.41) is 4.25. The molecule has 5 heteroatoms. The average Bonchev–Trinajstić information content (AvgIpc) is 2.95. The zero-order chi connectivity index (χ0) is 15.1. The van der Waals surface area contributed by atoms with Gasteiger partial charge in [0.25, 0.3) is 0 Å². The smallest absolute Gasteiger partial charge is 0.152 e. The summed E-state index contributed by atoms with van der Waals surface area (Å²) in [6.45, 7) is 6.43. The number of hydrogen-bond acceptors (Lipinski definition) is 4. The van der Waals surface area contributed by atoms with E-state index in [1.54, 1.807) is 6.33 Å². The monoisotopic (exact) mass is 294 g/mol. The highest BCUT2D eigenvalue weighted by atomic mass is 16.5. The quantitative estimate of drug-likeness (QED) is 0.800. The molecule has 0 bridgehead atoms. The first-order valence-electron chi connectivity index (χ1n) is 8.43. The molecule has 0 atom stereocenters.